The standard InChI is InChI=1S/C13H12N4O2/c1-7-3-4-10-9(5-7)14-12-11(17(10)2)8(6-18)13(19)16-15-12/h3-6H,1-2H3,(H,14,15)(H,16,19). The second kappa shape index (κ2) is 3.94. The molecular weight excluding hydrogens is 244 g/mol. The molecule has 0 amide bonds. The summed E-state index contributed by atoms with van der Waals surface area (Å²) in [4.78, 5) is 24.5. The Morgan fingerprint density at radius 2 is 2.16 bits per heavy atom. The molecule has 0 bridgehead atoms. The van der Waals surface area contributed by atoms with E-state index in [1.807, 2.05) is 32.2 Å². The van der Waals surface area contributed by atoms with Gasteiger partial charge in [0.2, 0.25) is 0 Å². The van der Waals surface area contributed by atoms with Crippen LogP contribution in [0.2, 0.25) is 0 Å². The SMILES string of the molecule is Cc1ccc2c(c1)Nc1n[nH]c(=O)c(C=O)c1N2C. The summed E-state index contributed by atoms with van der Waals surface area (Å²) in [5.74, 6) is 0.474. The Morgan fingerprint density at radius 3 is 2.89 bits per heavy atom. The van der Waals surface area contributed by atoms with Crippen LogP contribution < -0.4 is 15.8 Å². The molecule has 1 aliphatic heterocycles. The van der Waals surface area contributed by atoms with E-state index in [9.17, 15) is 9.59 Å². The van der Waals surface area contributed by atoms with E-state index in [2.05, 4.69) is 15.5 Å². The number of rotatable bonds is 1. The number of aryl methyl sites for hydroxylation is 1. The van der Waals surface area contributed by atoms with Crippen LogP contribution in [0.1, 0.15) is 15.9 Å². The van der Waals surface area contributed by atoms with Crippen molar-refractivity contribution < 1.29 is 4.79 Å². The molecule has 2 N–H and O–H groups in total. The van der Waals surface area contributed by atoms with Crippen LogP contribution in [-0.2, 0) is 0 Å². The van der Waals surface area contributed by atoms with Crippen LogP contribution in [0, 0.1) is 6.92 Å². The fraction of sp³-hybridized carbons (Fsp3) is 0.154. The van der Waals surface area contributed by atoms with E-state index in [0.717, 1.165) is 16.9 Å². The van der Waals surface area contributed by atoms with Crippen molar-refractivity contribution in [2.24, 2.45) is 0 Å². The summed E-state index contributed by atoms with van der Waals surface area (Å²) in [6.45, 7) is 1.99. The summed E-state index contributed by atoms with van der Waals surface area (Å²) in [5.41, 5.74) is 2.99. The van der Waals surface area contributed by atoms with E-state index in [1.165, 1.54) is 0 Å². The molecule has 3 rings (SSSR count). The molecule has 0 saturated heterocycles. The van der Waals surface area contributed by atoms with Crippen LogP contribution in [0.4, 0.5) is 22.9 Å². The minimum atomic E-state index is -0.488. The lowest BCUT2D eigenvalue weighted by Crippen LogP contribution is -2.26. The highest BCUT2D eigenvalue weighted by molar-refractivity contribution is 5.97. The van der Waals surface area contributed by atoms with Crippen molar-refractivity contribution in [3.8, 4) is 0 Å². The van der Waals surface area contributed by atoms with Crippen molar-refractivity contribution in [1.82, 2.24) is 10.2 Å². The highest BCUT2D eigenvalue weighted by Crippen LogP contribution is 2.41. The summed E-state index contributed by atoms with van der Waals surface area (Å²) in [6, 6.07) is 5.90. The molecule has 1 aliphatic rings. The van der Waals surface area contributed by atoms with Crippen molar-refractivity contribution >= 4 is 29.2 Å². The topological polar surface area (TPSA) is 78.1 Å². The van der Waals surface area contributed by atoms with Crippen LogP contribution in [0.5, 0.6) is 0 Å². The number of carbonyl (C=O) groups is 1. The predicted octanol–water partition coefficient (Wildman–Crippen LogP) is 1.72. The number of nitrogens with one attached hydrogen (secondary N) is 2. The van der Waals surface area contributed by atoms with Gasteiger partial charge < -0.3 is 10.2 Å². The number of nitrogens with zero attached hydrogens (tertiary/aromatic N) is 2. The number of aldehydes is 1. The minimum Gasteiger partial charge on any atom is -0.339 e. The maximum Gasteiger partial charge on any atom is 0.277 e. The maximum atomic E-state index is 11.6. The van der Waals surface area contributed by atoms with Gasteiger partial charge in [-0.1, -0.05) is 6.07 Å². The third kappa shape index (κ3) is 1.61. The van der Waals surface area contributed by atoms with Gasteiger partial charge in [-0.15, -0.1) is 0 Å². The van der Waals surface area contributed by atoms with Gasteiger partial charge in [0.1, 0.15) is 11.3 Å². The van der Waals surface area contributed by atoms with Gasteiger partial charge in [-0.3, -0.25) is 9.59 Å². The molecule has 0 atom stereocenters. The molecule has 19 heavy (non-hydrogen) atoms. The third-order valence-corrected chi connectivity index (χ3v) is 3.21. The number of H-pyrrole nitrogens is 1. The van der Waals surface area contributed by atoms with Crippen molar-refractivity contribution in [2.45, 2.75) is 6.92 Å². The van der Waals surface area contributed by atoms with Gasteiger partial charge >= 0.3 is 0 Å². The second-order valence-electron chi connectivity index (χ2n) is 4.49. The summed E-state index contributed by atoms with van der Waals surface area (Å²) in [7, 11) is 1.81. The molecular formula is C13H12N4O2. The molecule has 2 aromatic rings. The third-order valence-electron chi connectivity index (χ3n) is 3.21. The van der Waals surface area contributed by atoms with Gasteiger partial charge in [0.05, 0.1) is 11.4 Å². The first kappa shape index (κ1) is 11.5. The maximum absolute atomic E-state index is 11.6. The number of benzene rings is 1. The zero-order chi connectivity index (χ0) is 13.6. The Labute approximate surface area is 109 Å². The monoisotopic (exact) mass is 256 g/mol. The summed E-state index contributed by atoms with van der Waals surface area (Å²) in [5, 5.41) is 9.41. The predicted molar refractivity (Wildman–Crippen MR) is 72.8 cm³/mol. The Balaban J connectivity index is 2.27. The molecule has 6 heteroatoms. The van der Waals surface area contributed by atoms with E-state index >= 15 is 0 Å². The zero-order valence-electron chi connectivity index (χ0n) is 10.5. The quantitative estimate of drug-likeness (QED) is 0.759. The fourth-order valence-electron chi connectivity index (χ4n) is 2.28. The number of hydrogen-bond donors (Lipinski definition) is 2. The molecule has 1 aromatic carbocycles. The molecule has 2 heterocycles. The van der Waals surface area contributed by atoms with E-state index < -0.39 is 5.56 Å². The first-order valence-electron chi connectivity index (χ1n) is 5.81. The molecule has 0 radical (unpaired) electrons. The Morgan fingerprint density at radius 1 is 1.37 bits per heavy atom. The molecule has 6 nitrogen and oxygen atoms in total. The van der Waals surface area contributed by atoms with Crippen LogP contribution in [0.3, 0.4) is 0 Å². The number of aromatic amines is 1. The number of carbonyl (C=O) groups excluding carboxylic acids is 1. The molecule has 0 unspecified atom stereocenters. The highest BCUT2D eigenvalue weighted by Gasteiger charge is 2.25. The van der Waals surface area contributed by atoms with Crippen LogP contribution >= 0.6 is 0 Å². The van der Waals surface area contributed by atoms with Gasteiger partial charge in [-0.25, -0.2) is 5.10 Å². The molecule has 96 valence electrons. The fourth-order valence-corrected chi connectivity index (χ4v) is 2.28. The molecule has 1 aromatic heterocycles. The average molecular weight is 256 g/mol. The zero-order valence-corrected chi connectivity index (χ0v) is 10.5. The lowest BCUT2D eigenvalue weighted by Gasteiger charge is -2.30. The van der Waals surface area contributed by atoms with Crippen molar-refractivity contribution in [3.63, 3.8) is 0 Å². The summed E-state index contributed by atoms with van der Waals surface area (Å²) in [6.07, 6.45) is 0.552. The van der Waals surface area contributed by atoms with Crippen molar-refractivity contribution in [3.05, 3.63) is 39.7 Å². The van der Waals surface area contributed by atoms with Gasteiger partial charge in [0.15, 0.2) is 12.1 Å². The lowest BCUT2D eigenvalue weighted by molar-refractivity contribution is 0.112. The van der Waals surface area contributed by atoms with Crippen LogP contribution in [0.15, 0.2) is 23.0 Å². The van der Waals surface area contributed by atoms with Gasteiger partial charge in [0.25, 0.3) is 5.56 Å². The van der Waals surface area contributed by atoms with Gasteiger partial charge in [-0.2, -0.15) is 5.10 Å². The lowest BCUT2D eigenvalue weighted by atomic mass is 10.1. The van der Waals surface area contributed by atoms with Gasteiger partial charge in [-0.05, 0) is 24.6 Å². The van der Waals surface area contributed by atoms with E-state index in [1.54, 1.807) is 4.90 Å². The first-order valence-corrected chi connectivity index (χ1v) is 5.81. The second-order valence-corrected chi connectivity index (χ2v) is 4.49. The summed E-state index contributed by atoms with van der Waals surface area (Å²) < 4.78 is 0. The smallest absolute Gasteiger partial charge is 0.277 e. The molecule has 0 saturated carbocycles. The van der Waals surface area contributed by atoms with E-state index in [-0.39, 0.29) is 5.56 Å². The molecule has 0 fully saturated rings. The van der Waals surface area contributed by atoms with E-state index in [4.69, 9.17) is 0 Å². The Kier molecular flexibility index (Phi) is 2.38. The Bertz CT molecular complexity index is 736. The van der Waals surface area contributed by atoms with Crippen molar-refractivity contribution in [2.75, 3.05) is 17.3 Å². The number of anilines is 4. The number of fused-ring (bicyclic) bond motifs is 2. The average Bonchev–Trinajstić information content (AvgIpc) is 2.39. The highest BCUT2D eigenvalue weighted by atomic mass is 16.1. The Hall–Kier alpha value is -2.63. The van der Waals surface area contributed by atoms with Crippen molar-refractivity contribution in [1.29, 1.82) is 0 Å². The van der Waals surface area contributed by atoms with Gasteiger partial charge in [0, 0.05) is 7.05 Å². The molecule has 0 aliphatic carbocycles. The van der Waals surface area contributed by atoms with Crippen LogP contribution in [-0.4, -0.2) is 23.5 Å². The minimum absolute atomic E-state index is 0.0752. The first-order chi connectivity index (χ1) is 9.11. The number of aromatic nitrogens is 2. The molecule has 0 spiro atoms. The van der Waals surface area contributed by atoms with E-state index in [0.29, 0.717) is 17.8 Å². The van der Waals surface area contributed by atoms with Crippen LogP contribution in [0.25, 0.3) is 0 Å². The number of hydrogen-bond acceptors (Lipinski definition) is 5. The summed E-state index contributed by atoms with van der Waals surface area (Å²) >= 11 is 0. The largest absolute Gasteiger partial charge is 0.339 e. The normalized spacial score (nSPS) is 12.4.